The van der Waals surface area contributed by atoms with E-state index in [2.05, 4.69) is 22.9 Å². The van der Waals surface area contributed by atoms with E-state index in [9.17, 15) is 19.2 Å². The molecule has 0 unspecified atom stereocenters. The molecule has 36 heavy (non-hydrogen) atoms. The van der Waals surface area contributed by atoms with E-state index in [0.717, 1.165) is 19.3 Å². The van der Waals surface area contributed by atoms with Gasteiger partial charge in [0.1, 0.15) is 12.3 Å². The molecule has 0 radical (unpaired) electrons. The first kappa shape index (κ1) is 28.5. The number of rotatable bonds is 14. The molecule has 8 heteroatoms. The first-order valence-electron chi connectivity index (χ1n) is 14.2. The third-order valence-corrected chi connectivity index (χ3v) is 8.89. The summed E-state index contributed by atoms with van der Waals surface area (Å²) in [6.07, 6.45) is 13.7. The second-order valence-corrected chi connectivity index (χ2v) is 12.1. The molecule has 4 fully saturated rings. The molecule has 1 heterocycles. The van der Waals surface area contributed by atoms with Gasteiger partial charge in [0, 0.05) is 17.9 Å². The van der Waals surface area contributed by atoms with Gasteiger partial charge >= 0.3 is 6.09 Å². The number of hydrogen-bond donors (Lipinski definition) is 3. The molecule has 8 nitrogen and oxygen atoms in total. The molecule has 2 bridgehead atoms. The Labute approximate surface area is 216 Å². The summed E-state index contributed by atoms with van der Waals surface area (Å²) in [5.41, 5.74) is 0.581. The maximum Gasteiger partial charge on any atom is 0.407 e. The lowest BCUT2D eigenvalue weighted by Gasteiger charge is -2.53. The van der Waals surface area contributed by atoms with Crippen LogP contribution in [-0.2, 0) is 19.1 Å². The van der Waals surface area contributed by atoms with E-state index >= 15 is 0 Å². The summed E-state index contributed by atoms with van der Waals surface area (Å²) in [6, 6.07) is -1.56. The molecule has 0 spiro atoms. The van der Waals surface area contributed by atoms with E-state index in [0.29, 0.717) is 37.7 Å². The predicted molar refractivity (Wildman–Crippen MR) is 138 cm³/mol. The van der Waals surface area contributed by atoms with Crippen molar-refractivity contribution in [2.24, 2.45) is 22.7 Å². The number of aldehydes is 1. The van der Waals surface area contributed by atoms with Crippen LogP contribution in [0.1, 0.15) is 104 Å². The van der Waals surface area contributed by atoms with E-state index in [4.69, 9.17) is 4.74 Å². The molecule has 4 rings (SSSR count). The van der Waals surface area contributed by atoms with Crippen LogP contribution in [0.4, 0.5) is 4.79 Å². The molecular weight excluding hydrogens is 458 g/mol. The molecule has 3 aliphatic carbocycles. The number of fused-ring (bicyclic) bond motifs is 3. The van der Waals surface area contributed by atoms with Gasteiger partial charge in [-0.05, 0) is 75.5 Å². The van der Waals surface area contributed by atoms with Crippen molar-refractivity contribution in [3.8, 4) is 0 Å². The fourth-order valence-corrected chi connectivity index (χ4v) is 6.40. The van der Waals surface area contributed by atoms with Crippen molar-refractivity contribution in [2.75, 3.05) is 13.2 Å². The van der Waals surface area contributed by atoms with Crippen LogP contribution in [0.3, 0.4) is 0 Å². The van der Waals surface area contributed by atoms with Gasteiger partial charge < -0.3 is 25.5 Å². The average molecular weight is 506 g/mol. The third-order valence-electron chi connectivity index (χ3n) is 8.89. The molecule has 3 saturated carbocycles. The lowest BCUT2D eigenvalue weighted by Crippen LogP contribution is -2.51. The largest absolute Gasteiger partial charge is 0.449 e. The highest BCUT2D eigenvalue weighted by Crippen LogP contribution is 2.58. The van der Waals surface area contributed by atoms with Gasteiger partial charge in [-0.1, -0.05) is 40.0 Å². The third kappa shape index (κ3) is 7.69. The van der Waals surface area contributed by atoms with Gasteiger partial charge in [0.05, 0.1) is 12.6 Å². The van der Waals surface area contributed by atoms with Crippen LogP contribution in [0, 0.1) is 22.7 Å². The summed E-state index contributed by atoms with van der Waals surface area (Å²) in [5.74, 6) is -0.619. The van der Waals surface area contributed by atoms with Crippen LogP contribution >= 0.6 is 0 Å². The first-order valence-corrected chi connectivity index (χ1v) is 14.2. The van der Waals surface area contributed by atoms with Gasteiger partial charge in [-0.3, -0.25) is 9.59 Å². The quantitative estimate of drug-likeness (QED) is 0.241. The van der Waals surface area contributed by atoms with Crippen LogP contribution in [0.2, 0.25) is 0 Å². The summed E-state index contributed by atoms with van der Waals surface area (Å²) in [6.45, 7) is 7.19. The topological polar surface area (TPSA) is 114 Å². The zero-order valence-corrected chi connectivity index (χ0v) is 22.5. The second kappa shape index (κ2) is 12.9. The van der Waals surface area contributed by atoms with Crippen LogP contribution < -0.4 is 16.0 Å². The summed E-state index contributed by atoms with van der Waals surface area (Å²) in [7, 11) is 0. The molecule has 0 aromatic heterocycles. The smallest absolute Gasteiger partial charge is 0.407 e. The Balaban J connectivity index is 1.48. The predicted octanol–water partition coefficient (Wildman–Crippen LogP) is 4.26. The van der Waals surface area contributed by atoms with Gasteiger partial charge in [-0.2, -0.15) is 0 Å². The van der Waals surface area contributed by atoms with Crippen molar-refractivity contribution in [3.05, 3.63) is 0 Å². The SMILES string of the molecule is CCCCCC12CCC(COC(=O)N[C@@H](CC(C)C)C(=O)N[C@H](C=O)C[C@@H]3CCNC3=O)(CC1)CC2. The molecule has 204 valence electrons. The van der Waals surface area contributed by atoms with Crippen LogP contribution in [0.15, 0.2) is 0 Å². The summed E-state index contributed by atoms with van der Waals surface area (Å²) >= 11 is 0. The minimum Gasteiger partial charge on any atom is -0.449 e. The zero-order chi connectivity index (χ0) is 26.2. The molecule has 3 amide bonds. The van der Waals surface area contributed by atoms with Crippen LogP contribution in [0.5, 0.6) is 0 Å². The molecule has 3 atom stereocenters. The van der Waals surface area contributed by atoms with Gasteiger partial charge in [0.15, 0.2) is 0 Å². The van der Waals surface area contributed by atoms with E-state index in [1.807, 2.05) is 13.8 Å². The van der Waals surface area contributed by atoms with Crippen molar-refractivity contribution in [1.82, 2.24) is 16.0 Å². The Morgan fingerprint density at radius 1 is 1.08 bits per heavy atom. The van der Waals surface area contributed by atoms with Crippen molar-refractivity contribution < 1.29 is 23.9 Å². The molecule has 1 saturated heterocycles. The Morgan fingerprint density at radius 3 is 2.31 bits per heavy atom. The molecule has 1 aliphatic heterocycles. The Hall–Kier alpha value is -2.12. The van der Waals surface area contributed by atoms with Gasteiger partial charge in [-0.15, -0.1) is 0 Å². The van der Waals surface area contributed by atoms with E-state index < -0.39 is 24.1 Å². The molecule has 0 aromatic carbocycles. The highest BCUT2D eigenvalue weighted by molar-refractivity contribution is 5.88. The number of ether oxygens (including phenoxy) is 1. The minimum atomic E-state index is -0.793. The van der Waals surface area contributed by atoms with Crippen LogP contribution in [0.25, 0.3) is 0 Å². The van der Waals surface area contributed by atoms with E-state index in [1.165, 1.54) is 44.9 Å². The standard InChI is InChI=1S/C28H47N3O5/c1-4-5-6-8-27-9-12-28(13-10-27,14-11-27)19-36-26(35)31-23(16-20(2)3)25(34)30-22(18-32)17-21-7-15-29-24(21)33/h18,20-23H,4-17,19H2,1-3H3,(H,29,33)(H,30,34)(H,31,35)/t21-,22-,23-,27?,28?/m0/s1. The summed E-state index contributed by atoms with van der Waals surface area (Å²) < 4.78 is 5.69. The number of carbonyl (C=O) groups excluding carboxylic acids is 4. The average Bonchev–Trinajstić information content (AvgIpc) is 3.27. The van der Waals surface area contributed by atoms with E-state index in [1.54, 1.807) is 0 Å². The minimum absolute atomic E-state index is 0.0735. The lowest BCUT2D eigenvalue weighted by atomic mass is 9.53. The Morgan fingerprint density at radius 2 is 1.75 bits per heavy atom. The number of unbranched alkanes of at least 4 members (excludes halogenated alkanes) is 2. The summed E-state index contributed by atoms with van der Waals surface area (Å²) in [5, 5.41) is 8.22. The Kier molecular flexibility index (Phi) is 10.2. The number of carbonyl (C=O) groups is 4. The zero-order valence-electron chi connectivity index (χ0n) is 22.5. The van der Waals surface area contributed by atoms with Crippen molar-refractivity contribution in [3.63, 3.8) is 0 Å². The van der Waals surface area contributed by atoms with Crippen molar-refractivity contribution >= 4 is 24.2 Å². The molecule has 0 aromatic rings. The van der Waals surface area contributed by atoms with Gasteiger partial charge in [-0.25, -0.2) is 4.79 Å². The lowest BCUT2D eigenvalue weighted by molar-refractivity contribution is -0.127. The maximum atomic E-state index is 13.0. The van der Waals surface area contributed by atoms with Crippen LogP contribution in [-0.4, -0.2) is 49.4 Å². The van der Waals surface area contributed by atoms with E-state index in [-0.39, 0.29) is 29.6 Å². The number of hydrogen-bond acceptors (Lipinski definition) is 5. The fourth-order valence-electron chi connectivity index (χ4n) is 6.40. The molecule has 3 N–H and O–H groups in total. The number of alkyl carbamates (subject to hydrolysis) is 1. The second-order valence-electron chi connectivity index (χ2n) is 12.1. The molecular formula is C28H47N3O5. The monoisotopic (exact) mass is 505 g/mol. The fraction of sp³-hybridized carbons (Fsp3) is 0.857. The summed E-state index contributed by atoms with van der Waals surface area (Å²) in [4.78, 5) is 49.1. The normalized spacial score (nSPS) is 28.9. The number of amides is 3. The number of nitrogens with one attached hydrogen (secondary N) is 3. The highest BCUT2D eigenvalue weighted by atomic mass is 16.5. The van der Waals surface area contributed by atoms with Gasteiger partial charge in [0.25, 0.3) is 0 Å². The first-order chi connectivity index (χ1) is 17.2. The van der Waals surface area contributed by atoms with Crippen molar-refractivity contribution in [2.45, 2.75) is 116 Å². The Bertz CT molecular complexity index is 759. The molecule has 4 aliphatic rings. The van der Waals surface area contributed by atoms with Crippen molar-refractivity contribution in [1.29, 1.82) is 0 Å². The maximum absolute atomic E-state index is 13.0. The van der Waals surface area contributed by atoms with Gasteiger partial charge in [0.2, 0.25) is 11.8 Å². The highest BCUT2D eigenvalue weighted by Gasteiger charge is 2.48.